The number of imidazole rings is 1. The van der Waals surface area contributed by atoms with Crippen LogP contribution in [0.15, 0.2) is 90.1 Å². The third kappa shape index (κ3) is 5.79. The first-order valence-corrected chi connectivity index (χ1v) is 13.4. The predicted molar refractivity (Wildman–Crippen MR) is 145 cm³/mol. The lowest BCUT2D eigenvalue weighted by Gasteiger charge is -2.31. The van der Waals surface area contributed by atoms with Gasteiger partial charge in [-0.05, 0) is 49.1 Å². The molecule has 7 heteroatoms. The summed E-state index contributed by atoms with van der Waals surface area (Å²) < 4.78 is 2.22. The van der Waals surface area contributed by atoms with Crippen LogP contribution in [-0.2, 0) is 22.6 Å². The summed E-state index contributed by atoms with van der Waals surface area (Å²) >= 11 is 1.50. The van der Waals surface area contributed by atoms with E-state index in [2.05, 4.69) is 40.2 Å². The van der Waals surface area contributed by atoms with Crippen LogP contribution in [0.3, 0.4) is 0 Å². The highest BCUT2D eigenvalue weighted by atomic mass is 32.2. The quantitative estimate of drug-likeness (QED) is 0.337. The van der Waals surface area contributed by atoms with Gasteiger partial charge in [-0.1, -0.05) is 72.4 Å². The van der Waals surface area contributed by atoms with E-state index in [-0.39, 0.29) is 17.7 Å². The molecule has 4 aromatic rings. The highest BCUT2D eigenvalue weighted by Gasteiger charge is 2.27. The molecule has 1 fully saturated rings. The summed E-state index contributed by atoms with van der Waals surface area (Å²) in [4.78, 5) is 32.3. The molecule has 0 spiro atoms. The molecule has 5 rings (SSSR count). The molecule has 0 radical (unpaired) electrons. The van der Waals surface area contributed by atoms with Crippen LogP contribution >= 0.6 is 11.8 Å². The number of para-hydroxylation sites is 3. The Kier molecular flexibility index (Phi) is 7.67. The highest BCUT2D eigenvalue weighted by molar-refractivity contribution is 7.99. The van der Waals surface area contributed by atoms with Gasteiger partial charge in [0.2, 0.25) is 11.8 Å². The number of carbonyl (C=O) groups is 2. The third-order valence-corrected chi connectivity index (χ3v) is 7.63. The van der Waals surface area contributed by atoms with Crippen molar-refractivity contribution in [1.29, 1.82) is 0 Å². The third-order valence-electron chi connectivity index (χ3n) is 6.67. The summed E-state index contributed by atoms with van der Waals surface area (Å²) in [7, 11) is 0. The molecule has 184 valence electrons. The zero-order valence-corrected chi connectivity index (χ0v) is 21.0. The number of aromatic nitrogens is 2. The normalized spacial score (nSPS) is 14.2. The van der Waals surface area contributed by atoms with E-state index >= 15 is 0 Å². The molecule has 1 aliphatic rings. The minimum absolute atomic E-state index is 0.0369. The number of fused-ring (bicyclic) bond motifs is 1. The Balaban J connectivity index is 1.17. The Hall–Kier alpha value is -3.58. The molecule has 0 bridgehead atoms. The average molecular weight is 499 g/mol. The van der Waals surface area contributed by atoms with Gasteiger partial charge in [0.05, 0.1) is 16.8 Å². The van der Waals surface area contributed by atoms with Crippen molar-refractivity contribution < 1.29 is 9.59 Å². The minimum atomic E-state index is -0.0657. The van der Waals surface area contributed by atoms with Gasteiger partial charge in [-0.25, -0.2) is 4.98 Å². The van der Waals surface area contributed by atoms with Crippen molar-refractivity contribution in [3.8, 4) is 0 Å². The summed E-state index contributed by atoms with van der Waals surface area (Å²) in [5, 5.41) is 3.86. The molecule has 1 N–H and O–H groups in total. The second-order valence-electron chi connectivity index (χ2n) is 9.07. The fraction of sp³-hybridized carbons (Fsp3) is 0.276. The molecule has 0 unspecified atom stereocenters. The summed E-state index contributed by atoms with van der Waals surface area (Å²) in [6.07, 6.45) is 2.27. The lowest BCUT2D eigenvalue weighted by molar-refractivity contribution is -0.132. The minimum Gasteiger partial charge on any atom is -0.342 e. The summed E-state index contributed by atoms with van der Waals surface area (Å²) in [5.74, 6) is 0.415. The average Bonchev–Trinajstić information content (AvgIpc) is 3.29. The lowest BCUT2D eigenvalue weighted by atomic mass is 9.96. The fourth-order valence-corrected chi connectivity index (χ4v) is 5.58. The van der Waals surface area contributed by atoms with E-state index in [1.165, 1.54) is 17.3 Å². The van der Waals surface area contributed by atoms with Crippen LogP contribution in [0.5, 0.6) is 0 Å². The monoisotopic (exact) mass is 498 g/mol. The van der Waals surface area contributed by atoms with E-state index in [1.54, 1.807) is 0 Å². The molecular weight excluding hydrogens is 468 g/mol. The molecule has 0 saturated carbocycles. The number of nitrogens with zero attached hydrogens (tertiary/aromatic N) is 3. The number of carbonyl (C=O) groups excluding carboxylic acids is 2. The highest BCUT2D eigenvalue weighted by Crippen LogP contribution is 2.26. The maximum atomic E-state index is 13.0. The fourth-order valence-electron chi connectivity index (χ4n) is 4.64. The zero-order chi connectivity index (χ0) is 24.7. The molecule has 36 heavy (non-hydrogen) atoms. The van der Waals surface area contributed by atoms with Crippen molar-refractivity contribution in [3.63, 3.8) is 0 Å². The molecular formula is C29H30N4O2S. The smallest absolute Gasteiger partial charge is 0.233 e. The van der Waals surface area contributed by atoms with Gasteiger partial charge in [-0.3, -0.25) is 9.59 Å². The first-order valence-electron chi connectivity index (χ1n) is 12.4. The Morgan fingerprint density at radius 1 is 0.889 bits per heavy atom. The Morgan fingerprint density at radius 3 is 2.31 bits per heavy atom. The molecule has 3 aromatic carbocycles. The van der Waals surface area contributed by atoms with Crippen molar-refractivity contribution in [2.24, 2.45) is 5.92 Å². The number of likely N-dealkylation sites (tertiary alicyclic amines) is 1. The van der Waals surface area contributed by atoms with Crippen LogP contribution in [0.2, 0.25) is 0 Å². The molecule has 1 aromatic heterocycles. The van der Waals surface area contributed by atoms with E-state index in [0.717, 1.165) is 34.8 Å². The van der Waals surface area contributed by atoms with Crippen LogP contribution in [-0.4, -0.2) is 45.1 Å². The van der Waals surface area contributed by atoms with Gasteiger partial charge in [-0.15, -0.1) is 0 Å². The van der Waals surface area contributed by atoms with Gasteiger partial charge >= 0.3 is 0 Å². The number of piperidine rings is 1. The number of hydrogen-bond acceptors (Lipinski definition) is 4. The van der Waals surface area contributed by atoms with Crippen molar-refractivity contribution in [2.45, 2.75) is 31.0 Å². The van der Waals surface area contributed by atoms with Crippen molar-refractivity contribution >= 4 is 40.3 Å². The molecule has 0 atom stereocenters. The molecule has 2 amide bonds. The van der Waals surface area contributed by atoms with Crippen LogP contribution < -0.4 is 5.32 Å². The van der Waals surface area contributed by atoms with Crippen molar-refractivity contribution in [2.75, 3.05) is 24.2 Å². The summed E-state index contributed by atoms with van der Waals surface area (Å²) in [5.41, 5.74) is 4.13. The van der Waals surface area contributed by atoms with E-state index < -0.39 is 0 Å². The largest absolute Gasteiger partial charge is 0.342 e. The maximum Gasteiger partial charge on any atom is 0.233 e. The number of hydrogen-bond donors (Lipinski definition) is 1. The standard InChI is InChI=1S/C29H30N4O2S/c34-27(32-18-16-23(17-19-32)28(35)30-24-11-5-2-6-12-24)21-36-29-31-25-13-7-8-14-26(25)33(29)20-15-22-9-3-1-4-10-22/h1-14,23H,15-21H2,(H,30,35). The molecule has 0 aliphatic carbocycles. The van der Waals surface area contributed by atoms with E-state index in [4.69, 9.17) is 4.98 Å². The van der Waals surface area contributed by atoms with Crippen LogP contribution in [0.1, 0.15) is 18.4 Å². The lowest BCUT2D eigenvalue weighted by Crippen LogP contribution is -2.42. The first-order chi connectivity index (χ1) is 17.7. The Labute approximate surface area is 215 Å². The van der Waals surface area contributed by atoms with Gasteiger partial charge in [0, 0.05) is 31.2 Å². The molecule has 2 heterocycles. The molecule has 6 nitrogen and oxygen atoms in total. The van der Waals surface area contributed by atoms with Gasteiger partial charge in [0.1, 0.15) is 0 Å². The van der Waals surface area contributed by atoms with Crippen molar-refractivity contribution in [3.05, 3.63) is 90.5 Å². The predicted octanol–water partition coefficient (Wildman–Crippen LogP) is 5.25. The second-order valence-corrected chi connectivity index (χ2v) is 10.0. The Bertz CT molecular complexity index is 1320. The number of nitrogens with one attached hydrogen (secondary N) is 1. The van der Waals surface area contributed by atoms with Crippen LogP contribution in [0.4, 0.5) is 5.69 Å². The van der Waals surface area contributed by atoms with Gasteiger partial charge in [0.15, 0.2) is 5.16 Å². The zero-order valence-electron chi connectivity index (χ0n) is 20.2. The number of rotatable bonds is 8. The van der Waals surface area contributed by atoms with Gasteiger partial charge in [-0.2, -0.15) is 0 Å². The maximum absolute atomic E-state index is 13.0. The summed E-state index contributed by atoms with van der Waals surface area (Å²) in [6.45, 7) is 2.02. The number of anilines is 1. The molecule has 1 aliphatic heterocycles. The number of benzene rings is 3. The van der Waals surface area contributed by atoms with Crippen LogP contribution in [0, 0.1) is 5.92 Å². The number of thioether (sulfide) groups is 1. The van der Waals surface area contributed by atoms with E-state index in [9.17, 15) is 9.59 Å². The van der Waals surface area contributed by atoms with Crippen LogP contribution in [0.25, 0.3) is 11.0 Å². The van der Waals surface area contributed by atoms with Gasteiger partial charge < -0.3 is 14.8 Å². The topological polar surface area (TPSA) is 67.2 Å². The first kappa shape index (κ1) is 24.1. The Morgan fingerprint density at radius 2 is 1.56 bits per heavy atom. The number of aryl methyl sites for hydroxylation is 2. The van der Waals surface area contributed by atoms with Gasteiger partial charge in [0.25, 0.3) is 0 Å². The second kappa shape index (κ2) is 11.4. The number of amides is 2. The van der Waals surface area contributed by atoms with E-state index in [1.807, 2.05) is 59.5 Å². The summed E-state index contributed by atoms with van der Waals surface area (Å²) in [6, 6.07) is 28.1. The van der Waals surface area contributed by atoms with Crippen molar-refractivity contribution in [1.82, 2.24) is 14.5 Å². The van der Waals surface area contributed by atoms with E-state index in [0.29, 0.717) is 31.7 Å². The SMILES string of the molecule is O=C(Nc1ccccc1)C1CCN(C(=O)CSc2nc3ccccc3n2CCc2ccccc2)CC1. The molecule has 1 saturated heterocycles.